The predicted molar refractivity (Wildman–Crippen MR) is 129 cm³/mol. The lowest BCUT2D eigenvalue weighted by Gasteiger charge is -2.28. The van der Waals surface area contributed by atoms with Gasteiger partial charge in [-0.15, -0.1) is 0 Å². The number of aromatic nitrogens is 2. The highest BCUT2D eigenvalue weighted by Gasteiger charge is 2.22. The Morgan fingerprint density at radius 2 is 1.97 bits per heavy atom. The number of unbranched alkanes of at least 4 members (excludes halogenated alkanes) is 1. The van der Waals surface area contributed by atoms with Gasteiger partial charge in [-0.05, 0) is 49.0 Å². The van der Waals surface area contributed by atoms with Crippen LogP contribution in [0.2, 0.25) is 0 Å². The second-order valence-corrected chi connectivity index (χ2v) is 8.16. The van der Waals surface area contributed by atoms with Crippen LogP contribution in [0.3, 0.4) is 0 Å². The van der Waals surface area contributed by atoms with Crippen LogP contribution in [0.15, 0.2) is 33.9 Å². The first-order valence-electron chi connectivity index (χ1n) is 10.6. The van der Waals surface area contributed by atoms with E-state index >= 15 is 0 Å². The molecular weight excluding hydrogens is 398 g/mol. The maximum atomic E-state index is 12.8. The maximum absolute atomic E-state index is 12.8. The number of rotatable bonds is 9. The Labute approximate surface area is 183 Å². The molecule has 8 heteroatoms. The molecule has 0 atom stereocenters. The summed E-state index contributed by atoms with van der Waals surface area (Å²) in [4.78, 5) is 29.2. The van der Waals surface area contributed by atoms with Crippen LogP contribution in [0.5, 0.6) is 0 Å². The number of H-pyrrole nitrogens is 1. The van der Waals surface area contributed by atoms with Gasteiger partial charge >= 0.3 is 5.69 Å². The summed E-state index contributed by atoms with van der Waals surface area (Å²) in [5, 5.41) is 3.66. The number of nitrogens with two attached hydrogens (primary N) is 1. The van der Waals surface area contributed by atoms with Gasteiger partial charge in [-0.25, -0.2) is 4.79 Å². The third kappa shape index (κ3) is 5.72. The van der Waals surface area contributed by atoms with Crippen molar-refractivity contribution in [1.29, 1.82) is 0 Å². The molecule has 0 amide bonds. The zero-order valence-electron chi connectivity index (χ0n) is 18.3. The van der Waals surface area contributed by atoms with E-state index in [1.165, 1.54) is 4.57 Å². The van der Waals surface area contributed by atoms with Gasteiger partial charge in [-0.3, -0.25) is 14.3 Å². The molecule has 7 nitrogen and oxygen atoms in total. The lowest BCUT2D eigenvalue weighted by Crippen LogP contribution is -2.43. The summed E-state index contributed by atoms with van der Waals surface area (Å²) < 4.78 is 1.42. The highest BCUT2D eigenvalue weighted by molar-refractivity contribution is 7.80. The molecule has 0 aliphatic carbocycles. The molecule has 164 valence electrons. The first kappa shape index (κ1) is 23.7. The molecule has 0 bridgehead atoms. The van der Waals surface area contributed by atoms with E-state index in [0.717, 1.165) is 36.9 Å². The number of hydrogen-bond donors (Lipinski definition) is 3. The SMILES string of the molecule is CCCCn1c(N)c(N(CCC(C)C)C(=S)Nc2ccccc2CC)c(=O)[nH]c1=O. The Bertz CT molecular complexity index is 980. The molecule has 1 aromatic carbocycles. The minimum absolute atomic E-state index is 0.147. The third-order valence-corrected chi connectivity index (χ3v) is 5.36. The molecule has 0 saturated heterocycles. The number of anilines is 3. The molecule has 4 N–H and O–H groups in total. The van der Waals surface area contributed by atoms with Gasteiger partial charge in [-0.2, -0.15) is 0 Å². The number of nitrogens with zero attached hydrogens (tertiary/aromatic N) is 2. The lowest BCUT2D eigenvalue weighted by molar-refractivity contribution is 0.587. The third-order valence-electron chi connectivity index (χ3n) is 5.03. The summed E-state index contributed by atoms with van der Waals surface area (Å²) in [5.41, 5.74) is 7.56. The maximum Gasteiger partial charge on any atom is 0.330 e. The zero-order chi connectivity index (χ0) is 22.3. The minimum atomic E-state index is -0.526. The standard InChI is InChI=1S/C22H33N5O2S/c1-5-7-13-27-19(23)18(20(28)25-21(27)29)26(14-12-15(3)4)22(30)24-17-11-9-8-10-16(17)6-2/h8-11,15H,5-7,12-14,23H2,1-4H3,(H,24,30)(H,25,28,29). The van der Waals surface area contributed by atoms with Crippen LogP contribution in [-0.2, 0) is 13.0 Å². The smallest absolute Gasteiger partial charge is 0.330 e. The highest BCUT2D eigenvalue weighted by Crippen LogP contribution is 2.22. The molecule has 2 rings (SSSR count). The Morgan fingerprint density at radius 3 is 2.60 bits per heavy atom. The van der Waals surface area contributed by atoms with E-state index in [9.17, 15) is 9.59 Å². The van der Waals surface area contributed by atoms with Crippen LogP contribution < -0.4 is 27.2 Å². The van der Waals surface area contributed by atoms with E-state index in [-0.39, 0.29) is 11.5 Å². The average Bonchev–Trinajstić information content (AvgIpc) is 2.70. The van der Waals surface area contributed by atoms with Crippen molar-refractivity contribution in [1.82, 2.24) is 9.55 Å². The summed E-state index contributed by atoms with van der Waals surface area (Å²) in [6, 6.07) is 7.92. The molecule has 0 unspecified atom stereocenters. The summed E-state index contributed by atoms with van der Waals surface area (Å²) in [6.45, 7) is 9.28. The number of benzene rings is 1. The van der Waals surface area contributed by atoms with Gasteiger partial charge in [0.25, 0.3) is 5.56 Å². The fraction of sp³-hybridized carbons (Fsp3) is 0.500. The molecule has 30 heavy (non-hydrogen) atoms. The molecule has 0 fully saturated rings. The first-order valence-corrected chi connectivity index (χ1v) is 11.0. The zero-order valence-corrected chi connectivity index (χ0v) is 19.1. The molecule has 0 aliphatic heterocycles. The molecule has 0 spiro atoms. The largest absolute Gasteiger partial charge is 0.383 e. The number of aryl methyl sites for hydroxylation is 1. The van der Waals surface area contributed by atoms with E-state index in [4.69, 9.17) is 18.0 Å². The summed E-state index contributed by atoms with van der Waals surface area (Å²) >= 11 is 5.70. The highest BCUT2D eigenvalue weighted by atomic mass is 32.1. The van der Waals surface area contributed by atoms with Gasteiger partial charge < -0.3 is 16.0 Å². The fourth-order valence-corrected chi connectivity index (χ4v) is 3.50. The Morgan fingerprint density at radius 1 is 1.27 bits per heavy atom. The number of nitrogen functional groups attached to an aromatic ring is 1. The average molecular weight is 432 g/mol. The van der Waals surface area contributed by atoms with Crippen LogP contribution in [-0.4, -0.2) is 21.2 Å². The van der Waals surface area contributed by atoms with E-state index in [1.807, 2.05) is 31.2 Å². The monoisotopic (exact) mass is 431 g/mol. The second kappa shape index (κ2) is 11.0. The molecule has 0 saturated carbocycles. The van der Waals surface area contributed by atoms with Crippen molar-refractivity contribution < 1.29 is 0 Å². The number of thiocarbonyl (C=S) groups is 1. The molecule has 0 radical (unpaired) electrons. The normalized spacial score (nSPS) is 11.0. The van der Waals surface area contributed by atoms with Crippen LogP contribution in [0.1, 0.15) is 52.5 Å². The van der Waals surface area contributed by atoms with E-state index < -0.39 is 11.2 Å². The van der Waals surface area contributed by atoms with Crippen molar-refractivity contribution in [3.05, 3.63) is 50.7 Å². The molecule has 0 aliphatic rings. The van der Waals surface area contributed by atoms with Gasteiger partial charge in [0, 0.05) is 18.8 Å². The van der Waals surface area contributed by atoms with Crippen molar-refractivity contribution in [2.24, 2.45) is 5.92 Å². The van der Waals surface area contributed by atoms with Crippen molar-refractivity contribution >= 4 is 34.5 Å². The number of aromatic amines is 1. The summed E-state index contributed by atoms with van der Waals surface area (Å²) in [7, 11) is 0. The van der Waals surface area contributed by atoms with Crippen molar-refractivity contribution in [2.75, 3.05) is 22.5 Å². The quantitative estimate of drug-likeness (QED) is 0.524. The molecule has 2 aromatic rings. The molecule has 1 aromatic heterocycles. The van der Waals surface area contributed by atoms with Crippen LogP contribution in [0.25, 0.3) is 0 Å². The Kier molecular flexibility index (Phi) is 8.65. The minimum Gasteiger partial charge on any atom is -0.383 e. The van der Waals surface area contributed by atoms with Gasteiger partial charge in [0.05, 0.1) is 0 Å². The van der Waals surface area contributed by atoms with Gasteiger partial charge in [0.15, 0.2) is 10.8 Å². The topological polar surface area (TPSA) is 96.2 Å². The van der Waals surface area contributed by atoms with Crippen molar-refractivity contribution in [3.8, 4) is 0 Å². The van der Waals surface area contributed by atoms with Crippen LogP contribution >= 0.6 is 12.2 Å². The fourth-order valence-electron chi connectivity index (χ4n) is 3.21. The number of nitrogens with one attached hydrogen (secondary N) is 2. The predicted octanol–water partition coefficient (Wildman–Crippen LogP) is 3.73. The van der Waals surface area contributed by atoms with E-state index in [2.05, 4.69) is 31.1 Å². The summed E-state index contributed by atoms with van der Waals surface area (Å²) in [6.07, 6.45) is 3.35. The molecule has 1 heterocycles. The van der Waals surface area contributed by atoms with E-state index in [1.54, 1.807) is 4.90 Å². The van der Waals surface area contributed by atoms with Gasteiger partial charge in [0.1, 0.15) is 5.82 Å². The van der Waals surface area contributed by atoms with Gasteiger partial charge in [0.2, 0.25) is 0 Å². The molecular formula is C22H33N5O2S. The van der Waals surface area contributed by atoms with Crippen LogP contribution in [0, 0.1) is 5.92 Å². The van der Waals surface area contributed by atoms with Crippen molar-refractivity contribution in [3.63, 3.8) is 0 Å². The Hall–Kier alpha value is -2.61. The lowest BCUT2D eigenvalue weighted by atomic mass is 10.1. The first-order chi connectivity index (χ1) is 14.3. The van der Waals surface area contributed by atoms with E-state index in [0.29, 0.717) is 24.1 Å². The van der Waals surface area contributed by atoms with Gasteiger partial charge in [-0.1, -0.05) is 52.3 Å². The van der Waals surface area contributed by atoms with Crippen LogP contribution in [0.4, 0.5) is 17.2 Å². The number of hydrogen-bond acceptors (Lipinski definition) is 4. The second-order valence-electron chi connectivity index (χ2n) is 7.77. The van der Waals surface area contributed by atoms with Crippen molar-refractivity contribution in [2.45, 2.75) is 59.9 Å². The number of para-hydroxylation sites is 1. The Balaban J connectivity index is 2.49. The summed E-state index contributed by atoms with van der Waals surface area (Å²) in [5.74, 6) is 0.554.